The summed E-state index contributed by atoms with van der Waals surface area (Å²) in [6, 6.07) is 6.08. The van der Waals surface area contributed by atoms with Gasteiger partial charge in [0.25, 0.3) is 5.91 Å². The highest BCUT2D eigenvalue weighted by atomic mass is 35.5. The lowest BCUT2D eigenvalue weighted by Gasteiger charge is -2.17. The molecule has 0 heterocycles. The number of halogens is 4. The van der Waals surface area contributed by atoms with Gasteiger partial charge in [0.05, 0.1) is 5.92 Å². The van der Waals surface area contributed by atoms with Gasteiger partial charge in [-0.25, -0.2) is 0 Å². The van der Waals surface area contributed by atoms with Gasteiger partial charge in [-0.2, -0.15) is 13.2 Å². The molecule has 1 aromatic rings. The lowest BCUT2D eigenvalue weighted by molar-refractivity contribution is -0.174. The van der Waals surface area contributed by atoms with Gasteiger partial charge in [0.15, 0.2) is 0 Å². The highest BCUT2D eigenvalue weighted by molar-refractivity contribution is 6.30. The van der Waals surface area contributed by atoms with Crippen LogP contribution in [0.2, 0.25) is 5.02 Å². The number of Topliss-reactive ketones (excluding diaryl/α,β-unsaturated/α-hetero) is 1. The van der Waals surface area contributed by atoms with Crippen LogP contribution in [0.4, 0.5) is 13.2 Å². The highest BCUT2D eigenvalue weighted by Gasteiger charge is 2.45. The number of allylic oxidation sites excluding steroid dienone is 2. The number of hydrazine groups is 1. The molecule has 0 saturated carbocycles. The molecule has 2 rings (SSSR count). The van der Waals surface area contributed by atoms with Crippen molar-refractivity contribution in [3.8, 4) is 0 Å². The Bertz CT molecular complexity index is 629. The first-order chi connectivity index (χ1) is 10.3. The first-order valence-corrected chi connectivity index (χ1v) is 6.80. The molecule has 0 bridgehead atoms. The first-order valence-electron chi connectivity index (χ1n) is 6.42. The third-order valence-corrected chi connectivity index (χ3v) is 3.43. The normalized spacial score (nSPS) is 17.8. The van der Waals surface area contributed by atoms with Crippen LogP contribution >= 0.6 is 11.6 Å². The molecule has 0 saturated heterocycles. The molecule has 8 heteroatoms. The number of carbonyl (C=O) groups excluding carboxylic acids is 2. The average Bonchev–Trinajstić information content (AvgIpc) is 2.91. The van der Waals surface area contributed by atoms with Gasteiger partial charge < -0.3 is 5.43 Å². The van der Waals surface area contributed by atoms with Gasteiger partial charge in [0.2, 0.25) is 5.78 Å². The minimum atomic E-state index is -4.90. The molecule has 0 aliphatic heterocycles. The SMILES string of the molecule is O=C(NNC1=CCC[C@H]1C(=O)C(F)(F)F)c1cccc(Cl)c1. The Morgan fingerprint density at radius 2 is 2.00 bits per heavy atom. The van der Waals surface area contributed by atoms with Crippen LogP contribution in [0.1, 0.15) is 23.2 Å². The summed E-state index contributed by atoms with van der Waals surface area (Å²) >= 11 is 5.75. The number of hydrogen-bond donors (Lipinski definition) is 2. The van der Waals surface area contributed by atoms with Crippen LogP contribution in [-0.4, -0.2) is 17.9 Å². The summed E-state index contributed by atoms with van der Waals surface area (Å²) in [5.41, 5.74) is 4.97. The molecule has 118 valence electrons. The van der Waals surface area contributed by atoms with Gasteiger partial charge in [-0.1, -0.05) is 23.7 Å². The summed E-state index contributed by atoms with van der Waals surface area (Å²) in [5, 5.41) is 0.359. The highest BCUT2D eigenvalue weighted by Crippen LogP contribution is 2.31. The van der Waals surface area contributed by atoms with Crippen molar-refractivity contribution in [3.63, 3.8) is 0 Å². The third kappa shape index (κ3) is 3.79. The summed E-state index contributed by atoms with van der Waals surface area (Å²) in [6.07, 6.45) is -3.03. The molecule has 1 amide bonds. The van der Waals surface area contributed by atoms with Crippen molar-refractivity contribution in [1.82, 2.24) is 10.9 Å². The lowest BCUT2D eigenvalue weighted by Crippen LogP contribution is -2.41. The Morgan fingerprint density at radius 1 is 1.27 bits per heavy atom. The van der Waals surface area contributed by atoms with E-state index in [1.54, 1.807) is 12.1 Å². The smallest absolute Gasteiger partial charge is 0.302 e. The van der Waals surface area contributed by atoms with Gasteiger partial charge >= 0.3 is 6.18 Å². The predicted octanol–water partition coefficient (Wildman–Crippen LogP) is 3.00. The largest absolute Gasteiger partial charge is 0.450 e. The molecule has 1 aromatic carbocycles. The number of alkyl halides is 3. The topological polar surface area (TPSA) is 58.2 Å². The Kier molecular flexibility index (Phi) is 4.75. The Morgan fingerprint density at radius 3 is 2.64 bits per heavy atom. The molecule has 0 spiro atoms. The van der Waals surface area contributed by atoms with Crippen LogP contribution in [0.25, 0.3) is 0 Å². The standard InChI is InChI=1S/C14H12ClF3N2O2/c15-9-4-1-3-8(7-9)13(22)20-19-11-6-2-5-10(11)12(21)14(16,17)18/h1,3-4,6-7,10,19H,2,5H2,(H,20,22)/t10-/m1/s1. The molecule has 1 aliphatic carbocycles. The molecular formula is C14H12ClF3N2O2. The number of rotatable bonds is 4. The molecular weight excluding hydrogens is 321 g/mol. The van der Waals surface area contributed by atoms with Crippen LogP contribution in [0.5, 0.6) is 0 Å². The zero-order valence-electron chi connectivity index (χ0n) is 11.2. The molecule has 4 nitrogen and oxygen atoms in total. The number of ketones is 1. The fourth-order valence-corrected chi connectivity index (χ4v) is 2.33. The summed E-state index contributed by atoms with van der Waals surface area (Å²) in [6.45, 7) is 0. The number of carbonyl (C=O) groups is 2. The van der Waals surface area contributed by atoms with Crippen molar-refractivity contribution in [2.24, 2.45) is 5.92 Å². The quantitative estimate of drug-likeness (QED) is 0.833. The van der Waals surface area contributed by atoms with Gasteiger partial charge in [-0.3, -0.25) is 15.0 Å². The fraction of sp³-hybridized carbons (Fsp3) is 0.286. The molecule has 0 aromatic heterocycles. The van der Waals surface area contributed by atoms with Crippen LogP contribution in [-0.2, 0) is 4.79 Å². The van der Waals surface area contributed by atoms with Crippen LogP contribution in [0.15, 0.2) is 36.0 Å². The zero-order chi connectivity index (χ0) is 16.3. The van der Waals surface area contributed by atoms with Crippen molar-refractivity contribution in [2.75, 3.05) is 0 Å². The molecule has 2 N–H and O–H groups in total. The Hall–Kier alpha value is -2.02. The molecule has 0 radical (unpaired) electrons. The first kappa shape index (κ1) is 16.4. The average molecular weight is 333 g/mol. The summed E-state index contributed by atoms with van der Waals surface area (Å²) in [7, 11) is 0. The fourth-order valence-electron chi connectivity index (χ4n) is 2.14. The number of nitrogens with one attached hydrogen (secondary N) is 2. The van der Waals surface area contributed by atoms with E-state index in [9.17, 15) is 22.8 Å². The third-order valence-electron chi connectivity index (χ3n) is 3.20. The molecule has 1 aliphatic rings. The zero-order valence-corrected chi connectivity index (χ0v) is 12.0. The number of amides is 1. The lowest BCUT2D eigenvalue weighted by atomic mass is 10.0. The molecule has 0 unspecified atom stereocenters. The van der Waals surface area contributed by atoms with Gasteiger partial charge in [-0.15, -0.1) is 0 Å². The maximum Gasteiger partial charge on any atom is 0.450 e. The van der Waals surface area contributed by atoms with E-state index < -0.39 is 23.8 Å². The molecule has 1 atom stereocenters. The van der Waals surface area contributed by atoms with Crippen LogP contribution in [0.3, 0.4) is 0 Å². The van der Waals surface area contributed by atoms with E-state index in [2.05, 4.69) is 10.9 Å². The van der Waals surface area contributed by atoms with E-state index in [1.807, 2.05) is 0 Å². The van der Waals surface area contributed by atoms with Gasteiger partial charge in [-0.05, 0) is 31.0 Å². The van der Waals surface area contributed by atoms with E-state index in [0.29, 0.717) is 11.4 Å². The summed E-state index contributed by atoms with van der Waals surface area (Å²) < 4.78 is 37.4. The van der Waals surface area contributed by atoms with E-state index in [1.165, 1.54) is 18.2 Å². The van der Waals surface area contributed by atoms with Gasteiger partial charge in [0.1, 0.15) is 0 Å². The number of benzene rings is 1. The monoisotopic (exact) mass is 332 g/mol. The minimum absolute atomic E-state index is 0.0534. The summed E-state index contributed by atoms with van der Waals surface area (Å²) in [5.74, 6) is -3.69. The predicted molar refractivity (Wildman–Crippen MR) is 73.9 cm³/mol. The second-order valence-electron chi connectivity index (χ2n) is 4.74. The van der Waals surface area contributed by atoms with Crippen molar-refractivity contribution in [3.05, 3.63) is 46.6 Å². The minimum Gasteiger partial charge on any atom is -0.302 e. The van der Waals surface area contributed by atoms with E-state index in [4.69, 9.17) is 11.6 Å². The second kappa shape index (κ2) is 6.39. The van der Waals surface area contributed by atoms with E-state index in [-0.39, 0.29) is 17.7 Å². The summed E-state index contributed by atoms with van der Waals surface area (Å²) in [4.78, 5) is 23.2. The van der Waals surface area contributed by atoms with Gasteiger partial charge in [0, 0.05) is 16.3 Å². The van der Waals surface area contributed by atoms with Crippen molar-refractivity contribution >= 4 is 23.3 Å². The van der Waals surface area contributed by atoms with Crippen molar-refractivity contribution in [2.45, 2.75) is 19.0 Å². The van der Waals surface area contributed by atoms with E-state index >= 15 is 0 Å². The van der Waals surface area contributed by atoms with E-state index in [0.717, 1.165) is 0 Å². The number of hydrogen-bond acceptors (Lipinski definition) is 3. The Balaban J connectivity index is 1.99. The van der Waals surface area contributed by atoms with Crippen LogP contribution in [0, 0.1) is 5.92 Å². The molecule has 22 heavy (non-hydrogen) atoms. The van der Waals surface area contributed by atoms with Crippen molar-refractivity contribution in [1.29, 1.82) is 0 Å². The maximum atomic E-state index is 12.5. The van der Waals surface area contributed by atoms with Crippen LogP contribution < -0.4 is 10.9 Å². The van der Waals surface area contributed by atoms with Crippen molar-refractivity contribution < 1.29 is 22.8 Å². The Labute approximate surface area is 129 Å². The maximum absolute atomic E-state index is 12.5. The molecule has 0 fully saturated rings. The second-order valence-corrected chi connectivity index (χ2v) is 5.18.